The van der Waals surface area contributed by atoms with Crippen molar-refractivity contribution in [1.29, 1.82) is 0 Å². The molecule has 3 heteroatoms. The number of nitrogens with one attached hydrogen (secondary N) is 1. The van der Waals surface area contributed by atoms with Gasteiger partial charge in [0.15, 0.2) is 0 Å². The van der Waals surface area contributed by atoms with Gasteiger partial charge in [0.25, 0.3) is 0 Å². The molecule has 0 radical (unpaired) electrons. The van der Waals surface area contributed by atoms with Crippen LogP contribution >= 0.6 is 11.6 Å². The van der Waals surface area contributed by atoms with Crippen molar-refractivity contribution < 1.29 is 5.11 Å². The summed E-state index contributed by atoms with van der Waals surface area (Å²) in [4.78, 5) is 0. The molecule has 0 aromatic heterocycles. The van der Waals surface area contributed by atoms with Crippen molar-refractivity contribution in [3.05, 3.63) is 34.9 Å². The highest BCUT2D eigenvalue weighted by Gasteiger charge is 2.08. The van der Waals surface area contributed by atoms with E-state index >= 15 is 0 Å². The third-order valence-electron chi connectivity index (χ3n) is 2.51. The number of benzene rings is 1. The molecule has 2 atom stereocenters. The zero-order chi connectivity index (χ0) is 11.3. The Morgan fingerprint density at radius 1 is 1.47 bits per heavy atom. The molecular formula is C12H18ClNO. The molecule has 1 aromatic carbocycles. The second-order valence-corrected chi connectivity index (χ2v) is 4.22. The maximum atomic E-state index is 9.87. The van der Waals surface area contributed by atoms with Crippen LogP contribution < -0.4 is 5.32 Å². The van der Waals surface area contributed by atoms with Gasteiger partial charge in [-0.25, -0.2) is 0 Å². The van der Waals surface area contributed by atoms with Crippen LogP contribution in [0, 0.1) is 0 Å². The largest absolute Gasteiger partial charge is 0.387 e. The SMILES string of the molecule is CCC(C)NCC(O)c1cccc(Cl)c1. The third-order valence-corrected chi connectivity index (χ3v) is 2.74. The minimum Gasteiger partial charge on any atom is -0.387 e. The predicted molar refractivity (Wildman–Crippen MR) is 64.2 cm³/mol. The van der Waals surface area contributed by atoms with Crippen LogP contribution in [0.1, 0.15) is 31.9 Å². The van der Waals surface area contributed by atoms with Crippen LogP contribution in [-0.4, -0.2) is 17.7 Å². The van der Waals surface area contributed by atoms with Crippen molar-refractivity contribution in [2.75, 3.05) is 6.54 Å². The molecular weight excluding hydrogens is 210 g/mol. The van der Waals surface area contributed by atoms with Crippen molar-refractivity contribution in [3.63, 3.8) is 0 Å². The summed E-state index contributed by atoms with van der Waals surface area (Å²) in [6.07, 6.45) is 0.570. The zero-order valence-electron chi connectivity index (χ0n) is 9.20. The van der Waals surface area contributed by atoms with E-state index < -0.39 is 6.10 Å². The van der Waals surface area contributed by atoms with Gasteiger partial charge in [-0.1, -0.05) is 30.7 Å². The fourth-order valence-corrected chi connectivity index (χ4v) is 1.49. The maximum Gasteiger partial charge on any atom is 0.0914 e. The van der Waals surface area contributed by atoms with Gasteiger partial charge in [-0.15, -0.1) is 0 Å². The Morgan fingerprint density at radius 3 is 2.80 bits per heavy atom. The van der Waals surface area contributed by atoms with Gasteiger partial charge in [-0.3, -0.25) is 0 Å². The molecule has 15 heavy (non-hydrogen) atoms. The Hall–Kier alpha value is -0.570. The van der Waals surface area contributed by atoms with E-state index in [1.165, 1.54) is 0 Å². The van der Waals surface area contributed by atoms with E-state index in [0.717, 1.165) is 12.0 Å². The number of halogens is 1. The molecule has 0 amide bonds. The Labute approximate surface area is 96.3 Å². The van der Waals surface area contributed by atoms with E-state index in [-0.39, 0.29) is 0 Å². The van der Waals surface area contributed by atoms with Gasteiger partial charge in [0.05, 0.1) is 6.10 Å². The van der Waals surface area contributed by atoms with E-state index in [2.05, 4.69) is 19.2 Å². The molecule has 0 saturated heterocycles. The second kappa shape index (κ2) is 6.11. The van der Waals surface area contributed by atoms with Gasteiger partial charge in [0.1, 0.15) is 0 Å². The first kappa shape index (κ1) is 12.5. The average Bonchev–Trinajstić information content (AvgIpc) is 2.25. The molecule has 2 unspecified atom stereocenters. The number of aliphatic hydroxyl groups is 1. The fourth-order valence-electron chi connectivity index (χ4n) is 1.29. The van der Waals surface area contributed by atoms with E-state index in [1.54, 1.807) is 12.1 Å². The monoisotopic (exact) mass is 227 g/mol. The number of hydrogen-bond donors (Lipinski definition) is 2. The number of hydrogen-bond acceptors (Lipinski definition) is 2. The molecule has 0 aliphatic rings. The van der Waals surface area contributed by atoms with Gasteiger partial charge in [-0.05, 0) is 31.0 Å². The first-order valence-electron chi connectivity index (χ1n) is 5.30. The van der Waals surface area contributed by atoms with Gasteiger partial charge in [-0.2, -0.15) is 0 Å². The highest BCUT2D eigenvalue weighted by molar-refractivity contribution is 6.30. The summed E-state index contributed by atoms with van der Waals surface area (Å²) >= 11 is 5.85. The van der Waals surface area contributed by atoms with Crippen LogP contribution in [-0.2, 0) is 0 Å². The molecule has 0 spiro atoms. The van der Waals surface area contributed by atoms with Crippen molar-refractivity contribution in [3.8, 4) is 0 Å². The summed E-state index contributed by atoms with van der Waals surface area (Å²) in [6, 6.07) is 7.77. The number of rotatable bonds is 5. The van der Waals surface area contributed by atoms with Gasteiger partial charge in [0, 0.05) is 17.6 Å². The molecule has 0 saturated carbocycles. The summed E-state index contributed by atoms with van der Waals surface area (Å²) in [5, 5.41) is 13.8. The van der Waals surface area contributed by atoms with Crippen LogP contribution in [0.25, 0.3) is 0 Å². The fraction of sp³-hybridized carbons (Fsp3) is 0.500. The van der Waals surface area contributed by atoms with Gasteiger partial charge in [0.2, 0.25) is 0 Å². The topological polar surface area (TPSA) is 32.3 Å². The first-order valence-corrected chi connectivity index (χ1v) is 5.68. The van der Waals surface area contributed by atoms with E-state index in [0.29, 0.717) is 17.6 Å². The zero-order valence-corrected chi connectivity index (χ0v) is 9.96. The summed E-state index contributed by atoms with van der Waals surface area (Å²) < 4.78 is 0. The molecule has 2 N–H and O–H groups in total. The Morgan fingerprint density at radius 2 is 2.20 bits per heavy atom. The molecule has 1 aromatic rings. The lowest BCUT2D eigenvalue weighted by molar-refractivity contribution is 0.170. The number of aliphatic hydroxyl groups excluding tert-OH is 1. The summed E-state index contributed by atoms with van der Waals surface area (Å²) in [6.45, 7) is 4.78. The van der Waals surface area contributed by atoms with Crippen LogP contribution in [0.3, 0.4) is 0 Å². The molecule has 2 nitrogen and oxygen atoms in total. The molecule has 0 heterocycles. The minimum absolute atomic E-state index is 0.429. The van der Waals surface area contributed by atoms with E-state index in [4.69, 9.17) is 11.6 Å². The van der Waals surface area contributed by atoms with Crippen LogP contribution in [0.2, 0.25) is 5.02 Å². The standard InChI is InChI=1S/C12H18ClNO/c1-3-9(2)14-8-12(15)10-5-4-6-11(13)7-10/h4-7,9,12,14-15H,3,8H2,1-2H3. The highest BCUT2D eigenvalue weighted by Crippen LogP contribution is 2.17. The Bertz CT molecular complexity index is 303. The molecule has 0 fully saturated rings. The van der Waals surface area contributed by atoms with Crippen molar-refractivity contribution in [2.24, 2.45) is 0 Å². The van der Waals surface area contributed by atoms with Crippen molar-refractivity contribution >= 4 is 11.6 Å². The van der Waals surface area contributed by atoms with E-state index in [9.17, 15) is 5.11 Å². The molecule has 0 aliphatic carbocycles. The van der Waals surface area contributed by atoms with Gasteiger partial charge < -0.3 is 10.4 Å². The van der Waals surface area contributed by atoms with Crippen LogP contribution in [0.5, 0.6) is 0 Å². The Kier molecular flexibility index (Phi) is 5.09. The lowest BCUT2D eigenvalue weighted by Gasteiger charge is -2.16. The van der Waals surface area contributed by atoms with Crippen molar-refractivity contribution in [1.82, 2.24) is 5.32 Å². The second-order valence-electron chi connectivity index (χ2n) is 3.79. The molecule has 0 aliphatic heterocycles. The third kappa shape index (κ3) is 4.20. The Balaban J connectivity index is 2.50. The first-order chi connectivity index (χ1) is 7.13. The lowest BCUT2D eigenvalue weighted by atomic mass is 10.1. The average molecular weight is 228 g/mol. The van der Waals surface area contributed by atoms with Crippen LogP contribution in [0.4, 0.5) is 0 Å². The normalized spacial score (nSPS) is 14.9. The lowest BCUT2D eigenvalue weighted by Crippen LogP contribution is -2.29. The predicted octanol–water partition coefficient (Wildman–Crippen LogP) is 2.76. The minimum atomic E-state index is -0.488. The molecule has 84 valence electrons. The van der Waals surface area contributed by atoms with E-state index in [1.807, 2.05) is 12.1 Å². The quantitative estimate of drug-likeness (QED) is 0.811. The van der Waals surface area contributed by atoms with Gasteiger partial charge >= 0.3 is 0 Å². The van der Waals surface area contributed by atoms with Crippen LogP contribution in [0.15, 0.2) is 24.3 Å². The molecule has 1 rings (SSSR count). The summed E-state index contributed by atoms with van der Waals surface area (Å²) in [5.74, 6) is 0. The maximum absolute atomic E-state index is 9.87. The smallest absolute Gasteiger partial charge is 0.0914 e. The summed E-state index contributed by atoms with van der Waals surface area (Å²) in [5.41, 5.74) is 0.860. The highest BCUT2D eigenvalue weighted by atomic mass is 35.5. The summed E-state index contributed by atoms with van der Waals surface area (Å²) in [7, 11) is 0. The van der Waals surface area contributed by atoms with Crippen molar-refractivity contribution in [2.45, 2.75) is 32.4 Å². The molecule has 0 bridgehead atoms.